The van der Waals surface area contributed by atoms with Crippen LogP contribution in [0, 0.1) is 0 Å². The first-order valence-corrected chi connectivity index (χ1v) is 23.6. The van der Waals surface area contributed by atoms with E-state index >= 15 is 0 Å². The van der Waals surface area contributed by atoms with Crippen molar-refractivity contribution >= 4 is 21.5 Å². The van der Waals surface area contributed by atoms with Crippen LogP contribution in [0.3, 0.4) is 0 Å². The lowest BCUT2D eigenvalue weighted by Crippen LogP contribution is -2.28. The van der Waals surface area contributed by atoms with Crippen LogP contribution in [0.4, 0.5) is 0 Å². The van der Waals surface area contributed by atoms with Gasteiger partial charge in [0.05, 0.1) is 5.41 Å². The topological polar surface area (TPSA) is 38.7 Å². The number of hydrogen-bond acceptors (Lipinski definition) is 3. The molecule has 0 saturated carbocycles. The fourth-order valence-corrected chi connectivity index (χ4v) is 11.0. The van der Waals surface area contributed by atoms with Crippen LogP contribution in [0.5, 0.6) is 0 Å². The van der Waals surface area contributed by atoms with Gasteiger partial charge in [0.25, 0.3) is 0 Å². The van der Waals surface area contributed by atoms with Gasteiger partial charge < -0.3 is 0 Å². The zero-order valence-electron chi connectivity index (χ0n) is 37.7. The maximum Gasteiger partial charge on any atom is 0.164 e. The van der Waals surface area contributed by atoms with Gasteiger partial charge in [-0.2, -0.15) is 0 Å². The third-order valence-corrected chi connectivity index (χ3v) is 14.1. The summed E-state index contributed by atoms with van der Waals surface area (Å²) in [5, 5.41) is 4.42. The van der Waals surface area contributed by atoms with Gasteiger partial charge in [0.1, 0.15) is 0 Å². The Morgan fingerprint density at radius 2 is 0.565 bits per heavy atom. The second-order valence-corrected chi connectivity index (χ2v) is 17.8. The van der Waals surface area contributed by atoms with Gasteiger partial charge in [-0.1, -0.05) is 243 Å². The minimum absolute atomic E-state index is 0.503. The van der Waals surface area contributed by atoms with Crippen molar-refractivity contribution in [1.82, 2.24) is 15.0 Å². The van der Waals surface area contributed by atoms with E-state index in [1.165, 1.54) is 44.5 Å². The summed E-state index contributed by atoms with van der Waals surface area (Å²) in [6.07, 6.45) is 0. The molecule has 1 aliphatic carbocycles. The molecule has 0 amide bonds. The molecule has 0 bridgehead atoms. The van der Waals surface area contributed by atoms with E-state index in [0.29, 0.717) is 17.5 Å². The quantitative estimate of drug-likeness (QED) is 0.153. The predicted molar refractivity (Wildman–Crippen MR) is 285 cm³/mol. The lowest BCUT2D eigenvalue weighted by molar-refractivity contribution is 0.769. The second-order valence-electron chi connectivity index (χ2n) is 17.8. The summed E-state index contributed by atoms with van der Waals surface area (Å²) in [6.45, 7) is 0. The van der Waals surface area contributed by atoms with Crippen LogP contribution in [-0.2, 0) is 5.41 Å². The molecule has 0 saturated heterocycles. The van der Waals surface area contributed by atoms with E-state index in [1.807, 2.05) is 0 Å². The molecule has 0 N–H and O–H groups in total. The molecule has 0 fully saturated rings. The molecule has 0 unspecified atom stereocenters. The van der Waals surface area contributed by atoms with Crippen LogP contribution in [0.25, 0.3) is 100 Å². The highest BCUT2D eigenvalue weighted by atomic mass is 15.0. The number of benzene rings is 11. The fourth-order valence-electron chi connectivity index (χ4n) is 11.0. The molecule has 3 heteroatoms. The number of rotatable bonds is 8. The first-order chi connectivity index (χ1) is 34.2. The highest BCUT2D eigenvalue weighted by molar-refractivity contribution is 6.06. The monoisotopic (exact) mass is 877 g/mol. The summed E-state index contributed by atoms with van der Waals surface area (Å²) >= 11 is 0. The normalized spacial score (nSPS) is 12.5. The van der Waals surface area contributed by atoms with Gasteiger partial charge in [0.2, 0.25) is 0 Å². The fraction of sp³-hybridized carbons (Fsp3) is 0.0152. The molecule has 1 aliphatic rings. The maximum absolute atomic E-state index is 5.44. The van der Waals surface area contributed by atoms with E-state index in [0.717, 1.165) is 60.5 Å². The van der Waals surface area contributed by atoms with Crippen molar-refractivity contribution in [3.8, 4) is 78.7 Å². The number of hydrogen-bond donors (Lipinski definition) is 0. The Morgan fingerprint density at radius 3 is 1.10 bits per heavy atom. The molecule has 69 heavy (non-hydrogen) atoms. The molecule has 3 nitrogen and oxygen atoms in total. The molecule has 0 atom stereocenters. The van der Waals surface area contributed by atoms with Gasteiger partial charge in [-0.15, -0.1) is 0 Å². The zero-order chi connectivity index (χ0) is 45.7. The molecule has 0 radical (unpaired) electrons. The second kappa shape index (κ2) is 16.7. The van der Waals surface area contributed by atoms with Crippen molar-refractivity contribution in [3.05, 3.63) is 283 Å². The Kier molecular flexibility index (Phi) is 9.73. The molecule has 0 spiro atoms. The first-order valence-electron chi connectivity index (χ1n) is 23.6. The minimum Gasteiger partial charge on any atom is -0.208 e. The summed E-state index contributed by atoms with van der Waals surface area (Å²) in [7, 11) is 0. The molecule has 0 aliphatic heterocycles. The maximum atomic E-state index is 5.44. The molecule has 13 rings (SSSR count). The lowest BCUT2D eigenvalue weighted by Gasteiger charge is -2.34. The van der Waals surface area contributed by atoms with Crippen LogP contribution in [0.15, 0.2) is 261 Å². The average Bonchev–Trinajstić information content (AvgIpc) is 3.73. The standard InChI is InChI=1S/C66H43N3/c1-5-21-44(22-6-1)49-29-13-18-35-58(49)63-67-64(59-41-39-50(45-23-7-2-8-24-45)52-30-14-16-32-54(52)59)69-65(68-63)60-42-40-51(53-31-15-17-33-55(53)60)46-37-38-57-56-34-19-20-36-61(56)66(62(57)43-46,47-25-9-3-10-26-47)48-27-11-4-12-28-48/h1-43H. The van der Waals surface area contributed by atoms with Crippen LogP contribution < -0.4 is 0 Å². The highest BCUT2D eigenvalue weighted by Crippen LogP contribution is 2.57. The van der Waals surface area contributed by atoms with Crippen molar-refractivity contribution in [2.45, 2.75) is 5.41 Å². The summed E-state index contributed by atoms with van der Waals surface area (Å²) < 4.78 is 0. The van der Waals surface area contributed by atoms with Crippen molar-refractivity contribution in [3.63, 3.8) is 0 Å². The van der Waals surface area contributed by atoms with Crippen molar-refractivity contribution < 1.29 is 0 Å². The van der Waals surface area contributed by atoms with Crippen LogP contribution in [-0.4, -0.2) is 15.0 Å². The molecule has 11 aromatic carbocycles. The molecule has 322 valence electrons. The molecular weight excluding hydrogens is 835 g/mol. The van der Waals surface area contributed by atoms with Gasteiger partial charge in [0, 0.05) is 16.7 Å². The molecule has 1 aromatic heterocycles. The van der Waals surface area contributed by atoms with E-state index in [9.17, 15) is 0 Å². The summed E-state index contributed by atoms with van der Waals surface area (Å²) in [5.41, 5.74) is 16.7. The molecule has 1 heterocycles. The minimum atomic E-state index is -0.503. The third-order valence-electron chi connectivity index (χ3n) is 14.1. The van der Waals surface area contributed by atoms with Crippen LogP contribution in [0.2, 0.25) is 0 Å². The van der Waals surface area contributed by atoms with Gasteiger partial charge in [-0.25, -0.2) is 15.0 Å². The summed E-state index contributed by atoms with van der Waals surface area (Å²) in [6, 6.07) is 93.7. The van der Waals surface area contributed by atoms with Crippen molar-refractivity contribution in [2.24, 2.45) is 0 Å². The van der Waals surface area contributed by atoms with E-state index < -0.39 is 5.41 Å². The lowest BCUT2D eigenvalue weighted by atomic mass is 9.67. The van der Waals surface area contributed by atoms with Crippen molar-refractivity contribution in [1.29, 1.82) is 0 Å². The van der Waals surface area contributed by atoms with Crippen LogP contribution in [0.1, 0.15) is 22.3 Å². The summed E-state index contributed by atoms with van der Waals surface area (Å²) in [5.74, 6) is 1.86. The zero-order valence-corrected chi connectivity index (χ0v) is 37.7. The summed E-state index contributed by atoms with van der Waals surface area (Å²) in [4.78, 5) is 16.2. The average molecular weight is 878 g/mol. The van der Waals surface area contributed by atoms with E-state index in [4.69, 9.17) is 15.0 Å². The van der Waals surface area contributed by atoms with E-state index in [2.05, 4.69) is 261 Å². The third kappa shape index (κ3) is 6.62. The highest BCUT2D eigenvalue weighted by Gasteiger charge is 2.46. The Hall–Kier alpha value is -9.05. The van der Waals surface area contributed by atoms with Crippen molar-refractivity contribution in [2.75, 3.05) is 0 Å². The number of fused-ring (bicyclic) bond motifs is 5. The van der Waals surface area contributed by atoms with Gasteiger partial charge in [-0.3, -0.25) is 0 Å². The Bertz CT molecular complexity index is 3840. The smallest absolute Gasteiger partial charge is 0.164 e. The number of nitrogens with zero attached hydrogens (tertiary/aromatic N) is 3. The van der Waals surface area contributed by atoms with Crippen LogP contribution >= 0.6 is 0 Å². The molecule has 12 aromatic rings. The predicted octanol–water partition coefficient (Wildman–Crippen LogP) is 16.5. The molecular formula is C66H43N3. The largest absolute Gasteiger partial charge is 0.208 e. The Labute approximate surface area is 401 Å². The SMILES string of the molecule is c1ccc(-c2ccccc2-c2nc(-c3ccc(-c4ccccc4)c4ccccc34)nc(-c3ccc(-c4ccc5c(c4)C(c4ccccc4)(c4ccccc4)c4ccccc4-5)c4ccccc34)n2)cc1. The van der Waals surface area contributed by atoms with Gasteiger partial charge in [0.15, 0.2) is 17.5 Å². The Morgan fingerprint density at radius 1 is 0.217 bits per heavy atom. The van der Waals surface area contributed by atoms with Gasteiger partial charge in [-0.05, 0) is 107 Å². The van der Waals surface area contributed by atoms with Gasteiger partial charge >= 0.3 is 0 Å². The van der Waals surface area contributed by atoms with E-state index in [-0.39, 0.29) is 0 Å². The van der Waals surface area contributed by atoms with E-state index in [1.54, 1.807) is 0 Å². The number of aromatic nitrogens is 3. The first kappa shape index (κ1) is 40.2. The Balaban J connectivity index is 1.02.